The van der Waals surface area contributed by atoms with Gasteiger partial charge in [-0.15, -0.1) is 0 Å². The van der Waals surface area contributed by atoms with Gasteiger partial charge in [-0.1, -0.05) is 24.8 Å². The normalized spacial score (nSPS) is 10.8. The fourth-order valence-corrected chi connectivity index (χ4v) is 2.83. The van der Waals surface area contributed by atoms with E-state index in [2.05, 4.69) is 37.5 Å². The second-order valence-electron chi connectivity index (χ2n) is 7.55. The molecule has 0 aliphatic rings. The summed E-state index contributed by atoms with van der Waals surface area (Å²) < 4.78 is 48.1. The van der Waals surface area contributed by atoms with Gasteiger partial charge in [0.2, 0.25) is 11.9 Å². The molecule has 14 heteroatoms. The number of benzene rings is 2. The minimum absolute atomic E-state index is 0.0451. The van der Waals surface area contributed by atoms with Gasteiger partial charge in [-0.2, -0.15) is 28.1 Å². The van der Waals surface area contributed by atoms with Gasteiger partial charge < -0.3 is 30.5 Å². The van der Waals surface area contributed by atoms with Gasteiger partial charge in [0, 0.05) is 17.8 Å². The summed E-state index contributed by atoms with van der Waals surface area (Å²) in [5, 5.41) is 16.6. The molecule has 4 N–H and O–H groups in total. The monoisotopic (exact) mass is 532 g/mol. The first-order valence-electron chi connectivity index (χ1n) is 11.0. The van der Waals surface area contributed by atoms with E-state index in [0.29, 0.717) is 18.0 Å². The minimum atomic E-state index is -4.60. The molecule has 0 aliphatic carbocycles. The van der Waals surface area contributed by atoms with Crippen LogP contribution in [0.5, 0.6) is 11.8 Å². The Morgan fingerprint density at radius 3 is 2.29 bits per heavy atom. The highest BCUT2D eigenvalue weighted by Crippen LogP contribution is 2.21. The van der Waals surface area contributed by atoms with E-state index in [4.69, 9.17) is 14.6 Å². The number of hydrogen-bond donors (Lipinski definition) is 4. The first-order valence-corrected chi connectivity index (χ1v) is 11.0. The van der Waals surface area contributed by atoms with Gasteiger partial charge in [0.25, 0.3) is 5.91 Å². The maximum Gasteiger partial charge on any atom is 0.422 e. The molecule has 3 aromatic rings. The number of alkyl halides is 3. The van der Waals surface area contributed by atoms with Crippen molar-refractivity contribution in [1.82, 2.24) is 20.3 Å². The average Bonchev–Trinajstić information content (AvgIpc) is 2.89. The zero-order valence-electron chi connectivity index (χ0n) is 19.8. The lowest BCUT2D eigenvalue weighted by Crippen LogP contribution is -2.29. The fourth-order valence-electron chi connectivity index (χ4n) is 2.83. The number of halogens is 3. The standard InChI is InChI=1S/C24H23F3N6O5/c1-2-11-37-18-9-3-15(4-10-18)12-29-21-31-22(33-23(32-21)38-14-24(25,26)27)30-17-7-5-16(6-8-17)20(36)28-13-19(34)35/h2-10H,1,11-14H2,(H,28,36)(H,34,35)(H2,29,30,31,32,33). The van der Waals surface area contributed by atoms with Gasteiger partial charge in [-0.05, 0) is 42.0 Å². The van der Waals surface area contributed by atoms with Crippen molar-refractivity contribution in [2.75, 3.05) is 30.4 Å². The third-order valence-corrected chi connectivity index (χ3v) is 4.53. The van der Waals surface area contributed by atoms with Crippen molar-refractivity contribution in [2.45, 2.75) is 12.7 Å². The van der Waals surface area contributed by atoms with Crippen molar-refractivity contribution in [2.24, 2.45) is 0 Å². The molecule has 38 heavy (non-hydrogen) atoms. The zero-order valence-corrected chi connectivity index (χ0v) is 19.8. The number of carboxylic acid groups (broad SMARTS) is 1. The van der Waals surface area contributed by atoms with Crippen LogP contribution < -0.4 is 25.4 Å². The highest BCUT2D eigenvalue weighted by Gasteiger charge is 2.29. The summed E-state index contributed by atoms with van der Waals surface area (Å²) in [5.41, 5.74) is 1.42. The molecule has 0 bridgehead atoms. The number of carbonyl (C=O) groups is 2. The van der Waals surface area contributed by atoms with E-state index >= 15 is 0 Å². The SMILES string of the molecule is C=CCOc1ccc(CNc2nc(Nc3ccc(C(=O)NCC(=O)O)cc3)nc(OCC(F)(F)F)n2)cc1. The maximum absolute atomic E-state index is 12.7. The molecular formula is C24H23F3N6O5. The highest BCUT2D eigenvalue weighted by atomic mass is 19.4. The van der Waals surface area contributed by atoms with Crippen molar-refractivity contribution >= 4 is 29.5 Å². The molecule has 0 aliphatic heterocycles. The Hall–Kier alpha value is -4.88. The van der Waals surface area contributed by atoms with Crippen LogP contribution >= 0.6 is 0 Å². The molecule has 0 saturated carbocycles. The number of ether oxygens (including phenoxy) is 2. The number of amides is 1. The third kappa shape index (κ3) is 9.29. The van der Waals surface area contributed by atoms with E-state index < -0.39 is 37.2 Å². The third-order valence-electron chi connectivity index (χ3n) is 4.53. The summed E-state index contributed by atoms with van der Waals surface area (Å²) in [6, 6.07) is 12.3. The second-order valence-corrected chi connectivity index (χ2v) is 7.55. The van der Waals surface area contributed by atoms with Gasteiger partial charge in [0.05, 0.1) is 0 Å². The molecule has 0 radical (unpaired) electrons. The number of hydrogen-bond acceptors (Lipinski definition) is 9. The van der Waals surface area contributed by atoms with Gasteiger partial charge in [-0.3, -0.25) is 9.59 Å². The Labute approximate surface area is 214 Å². The van der Waals surface area contributed by atoms with Gasteiger partial charge in [0.1, 0.15) is 18.9 Å². The molecule has 0 spiro atoms. The predicted octanol–water partition coefficient (Wildman–Crippen LogP) is 3.55. The summed E-state index contributed by atoms with van der Waals surface area (Å²) >= 11 is 0. The molecule has 3 rings (SSSR count). The molecule has 11 nitrogen and oxygen atoms in total. The maximum atomic E-state index is 12.7. The van der Waals surface area contributed by atoms with Crippen LogP contribution in [0.2, 0.25) is 0 Å². The molecule has 0 saturated heterocycles. The molecular weight excluding hydrogens is 509 g/mol. The van der Waals surface area contributed by atoms with E-state index in [1.165, 1.54) is 24.3 Å². The number of carbonyl (C=O) groups excluding carboxylic acids is 1. The Balaban J connectivity index is 1.72. The van der Waals surface area contributed by atoms with E-state index in [1.54, 1.807) is 30.3 Å². The summed E-state index contributed by atoms with van der Waals surface area (Å²) in [5.74, 6) is -1.29. The molecule has 1 amide bonds. The van der Waals surface area contributed by atoms with Crippen molar-refractivity contribution < 1.29 is 37.3 Å². The van der Waals surface area contributed by atoms with Crippen LogP contribution in [0, 0.1) is 0 Å². The molecule has 0 unspecified atom stereocenters. The first-order chi connectivity index (χ1) is 18.1. The lowest BCUT2D eigenvalue weighted by Gasteiger charge is -2.12. The number of nitrogens with one attached hydrogen (secondary N) is 3. The topological polar surface area (TPSA) is 148 Å². The van der Waals surface area contributed by atoms with E-state index in [0.717, 1.165) is 5.56 Å². The summed E-state index contributed by atoms with van der Waals surface area (Å²) in [6.45, 7) is 2.05. The Morgan fingerprint density at radius 1 is 0.974 bits per heavy atom. The Bertz CT molecular complexity index is 1250. The molecule has 200 valence electrons. The fraction of sp³-hybridized carbons (Fsp3) is 0.208. The Kier molecular flexibility index (Phi) is 9.40. The Morgan fingerprint density at radius 2 is 1.66 bits per heavy atom. The minimum Gasteiger partial charge on any atom is -0.490 e. The van der Waals surface area contributed by atoms with Crippen LogP contribution in [0.1, 0.15) is 15.9 Å². The summed E-state index contributed by atoms with van der Waals surface area (Å²) in [7, 11) is 0. The number of aliphatic carboxylic acids is 1. The van der Waals surface area contributed by atoms with E-state index in [9.17, 15) is 22.8 Å². The molecule has 2 aromatic carbocycles. The number of carboxylic acids is 1. The van der Waals surface area contributed by atoms with Gasteiger partial charge in [0.15, 0.2) is 6.61 Å². The van der Waals surface area contributed by atoms with E-state index in [1.807, 2.05) is 0 Å². The lowest BCUT2D eigenvalue weighted by molar-refractivity contribution is -0.154. The van der Waals surface area contributed by atoms with E-state index in [-0.39, 0.29) is 24.0 Å². The zero-order chi connectivity index (χ0) is 27.5. The largest absolute Gasteiger partial charge is 0.490 e. The van der Waals surface area contributed by atoms with Gasteiger partial charge >= 0.3 is 18.2 Å². The molecule has 0 atom stereocenters. The lowest BCUT2D eigenvalue weighted by atomic mass is 10.2. The predicted molar refractivity (Wildman–Crippen MR) is 131 cm³/mol. The van der Waals surface area contributed by atoms with Crippen LogP contribution in [0.15, 0.2) is 61.2 Å². The van der Waals surface area contributed by atoms with Crippen LogP contribution in [0.25, 0.3) is 0 Å². The molecule has 1 aromatic heterocycles. The molecule has 0 fully saturated rings. The summed E-state index contributed by atoms with van der Waals surface area (Å²) in [4.78, 5) is 34.5. The quantitative estimate of drug-likeness (QED) is 0.241. The van der Waals surface area contributed by atoms with Crippen LogP contribution in [-0.4, -0.2) is 57.9 Å². The van der Waals surface area contributed by atoms with Crippen molar-refractivity contribution in [3.8, 4) is 11.8 Å². The van der Waals surface area contributed by atoms with Gasteiger partial charge in [-0.25, -0.2) is 0 Å². The number of anilines is 3. The van der Waals surface area contributed by atoms with Crippen molar-refractivity contribution in [3.05, 3.63) is 72.3 Å². The first kappa shape index (κ1) is 27.7. The van der Waals surface area contributed by atoms with Crippen LogP contribution in [-0.2, 0) is 11.3 Å². The molecule has 1 heterocycles. The van der Waals surface area contributed by atoms with Crippen molar-refractivity contribution in [3.63, 3.8) is 0 Å². The highest BCUT2D eigenvalue weighted by molar-refractivity contribution is 5.96. The number of aromatic nitrogens is 3. The van der Waals surface area contributed by atoms with Crippen LogP contribution in [0.3, 0.4) is 0 Å². The van der Waals surface area contributed by atoms with Crippen molar-refractivity contribution in [1.29, 1.82) is 0 Å². The van der Waals surface area contributed by atoms with Crippen LogP contribution in [0.4, 0.5) is 30.8 Å². The number of rotatable bonds is 13. The summed E-state index contributed by atoms with van der Waals surface area (Å²) in [6.07, 6.45) is -2.98. The average molecular weight is 532 g/mol. The smallest absolute Gasteiger partial charge is 0.422 e. The number of nitrogens with zero attached hydrogens (tertiary/aromatic N) is 3. The second kappa shape index (κ2) is 12.9.